The minimum absolute atomic E-state index is 0.00939. The molecule has 1 N–H and O–H groups in total. The Hall–Kier alpha value is -1.62. The van der Waals surface area contributed by atoms with E-state index < -0.39 is 0 Å². The third-order valence-electron chi connectivity index (χ3n) is 10.4. The summed E-state index contributed by atoms with van der Waals surface area (Å²) in [7, 11) is 2.22. The maximum absolute atomic E-state index is 13.9. The van der Waals surface area contributed by atoms with E-state index in [1.807, 2.05) is 19.6 Å². The van der Waals surface area contributed by atoms with Crippen molar-refractivity contribution in [1.29, 1.82) is 0 Å². The predicted molar refractivity (Wildman–Crippen MR) is 142 cm³/mol. The van der Waals surface area contributed by atoms with Crippen LogP contribution in [0.15, 0.2) is 0 Å². The van der Waals surface area contributed by atoms with Crippen molar-refractivity contribution in [3.8, 4) is 0 Å². The first-order valence-electron chi connectivity index (χ1n) is 14.2. The Kier molecular flexibility index (Phi) is 5.36. The van der Waals surface area contributed by atoms with E-state index in [0.717, 1.165) is 25.7 Å². The molecule has 0 aromatic rings. The van der Waals surface area contributed by atoms with Crippen LogP contribution in [0.3, 0.4) is 0 Å². The second kappa shape index (κ2) is 7.73. The highest BCUT2D eigenvalue weighted by Gasteiger charge is 2.64. The van der Waals surface area contributed by atoms with Crippen LogP contribution in [0, 0.1) is 0 Å². The van der Waals surface area contributed by atoms with Gasteiger partial charge in [0.25, 0.3) is 0 Å². The quantitative estimate of drug-likeness (QED) is 0.609. The maximum Gasteiger partial charge on any atom is 0.325 e. The van der Waals surface area contributed by atoms with E-state index in [-0.39, 0.29) is 46.5 Å². The minimum Gasteiger partial charge on any atom is -0.307 e. The lowest BCUT2D eigenvalue weighted by atomic mass is 9.77. The lowest BCUT2D eigenvalue weighted by Crippen LogP contribution is -2.68. The van der Waals surface area contributed by atoms with Gasteiger partial charge in [-0.1, -0.05) is 0 Å². The Labute approximate surface area is 222 Å². The topological polar surface area (TPSA) is 68.9 Å². The molecule has 6 aliphatic heterocycles. The number of hydrogen-bond acceptors (Lipinski definition) is 6. The summed E-state index contributed by atoms with van der Waals surface area (Å²) in [5.41, 5.74) is 0.122. The summed E-state index contributed by atoms with van der Waals surface area (Å²) in [6, 6.07) is 0.789. The molecule has 208 valence electrons. The number of piperidine rings is 2. The fourth-order valence-electron chi connectivity index (χ4n) is 8.78. The summed E-state index contributed by atoms with van der Waals surface area (Å²) in [4.78, 5) is 42.9. The normalized spacial score (nSPS) is 33.1. The van der Waals surface area contributed by atoms with Gasteiger partial charge in [-0.15, -0.1) is 0 Å². The first-order valence-corrected chi connectivity index (χ1v) is 14.2. The van der Waals surface area contributed by atoms with Crippen LogP contribution >= 0.6 is 0 Å². The van der Waals surface area contributed by atoms with E-state index in [1.165, 1.54) is 0 Å². The van der Waals surface area contributed by atoms with Crippen LogP contribution in [0.2, 0.25) is 0 Å². The molecular weight excluding hydrogens is 468 g/mol. The molecule has 0 spiro atoms. The smallest absolute Gasteiger partial charge is 0.307 e. The molecule has 10 nitrogen and oxygen atoms in total. The van der Waals surface area contributed by atoms with E-state index in [0.29, 0.717) is 38.8 Å². The van der Waals surface area contributed by atoms with Crippen molar-refractivity contribution in [2.75, 3.05) is 33.7 Å². The van der Waals surface area contributed by atoms with Crippen molar-refractivity contribution in [3.05, 3.63) is 0 Å². The third-order valence-corrected chi connectivity index (χ3v) is 10.4. The predicted octanol–water partition coefficient (Wildman–Crippen LogP) is 2.54. The SMILES string of the molecule is CN1C(C)(C)CC(N2CN3C(=O)N4CN(C5CC(C)(C)NC(C)(C)C5)CN5C(=O)N(C2)C3C45)CC1(C)C. The third kappa shape index (κ3) is 3.88. The van der Waals surface area contributed by atoms with E-state index >= 15 is 0 Å². The molecule has 0 saturated carbocycles. The second-order valence-corrected chi connectivity index (χ2v) is 15.2. The molecule has 4 amide bonds. The van der Waals surface area contributed by atoms with Gasteiger partial charge in [0.2, 0.25) is 0 Å². The molecule has 0 bridgehead atoms. The number of nitrogens with zero attached hydrogens (tertiary/aromatic N) is 7. The van der Waals surface area contributed by atoms with Gasteiger partial charge in [0.1, 0.15) is 0 Å². The molecule has 6 saturated heterocycles. The van der Waals surface area contributed by atoms with E-state index in [1.54, 1.807) is 0 Å². The van der Waals surface area contributed by atoms with Crippen LogP contribution in [-0.4, -0.2) is 127 Å². The first-order chi connectivity index (χ1) is 17.0. The van der Waals surface area contributed by atoms with Gasteiger partial charge < -0.3 is 5.32 Å². The molecule has 0 unspecified atom stereocenters. The summed E-state index contributed by atoms with van der Waals surface area (Å²) in [5, 5.41) is 3.77. The van der Waals surface area contributed by atoms with Crippen LogP contribution in [0.4, 0.5) is 9.59 Å². The van der Waals surface area contributed by atoms with Crippen LogP contribution in [0.25, 0.3) is 0 Å². The maximum atomic E-state index is 13.9. The summed E-state index contributed by atoms with van der Waals surface area (Å²) < 4.78 is 0. The van der Waals surface area contributed by atoms with Crippen LogP contribution in [0.5, 0.6) is 0 Å². The number of hydrogen-bond donors (Lipinski definition) is 1. The average molecular weight is 517 g/mol. The van der Waals surface area contributed by atoms with Gasteiger partial charge in [0.05, 0.1) is 26.7 Å². The molecule has 0 radical (unpaired) electrons. The highest BCUT2D eigenvalue weighted by atomic mass is 16.2. The van der Waals surface area contributed by atoms with Gasteiger partial charge in [-0.05, 0) is 88.1 Å². The zero-order valence-corrected chi connectivity index (χ0v) is 24.4. The zero-order valence-electron chi connectivity index (χ0n) is 24.4. The Morgan fingerprint density at radius 1 is 0.595 bits per heavy atom. The number of rotatable bonds is 2. The van der Waals surface area contributed by atoms with Crippen molar-refractivity contribution in [1.82, 2.24) is 39.6 Å². The highest BCUT2D eigenvalue weighted by molar-refractivity contribution is 5.85. The second-order valence-electron chi connectivity index (χ2n) is 15.2. The van der Waals surface area contributed by atoms with Gasteiger partial charge >= 0.3 is 12.1 Å². The number of nitrogens with one attached hydrogen (secondary N) is 1. The van der Waals surface area contributed by atoms with E-state index in [9.17, 15) is 9.59 Å². The Morgan fingerprint density at radius 2 is 0.919 bits per heavy atom. The molecule has 6 aliphatic rings. The van der Waals surface area contributed by atoms with Gasteiger partial charge in [-0.3, -0.25) is 34.3 Å². The van der Waals surface area contributed by atoms with E-state index in [4.69, 9.17) is 0 Å². The van der Waals surface area contributed by atoms with Crippen molar-refractivity contribution in [3.63, 3.8) is 0 Å². The van der Waals surface area contributed by atoms with Crippen LogP contribution in [0.1, 0.15) is 81.1 Å². The molecule has 0 atom stereocenters. The molecule has 0 aromatic heterocycles. The standard InChI is InChI=1S/C27H48N8O2/c1-24(2)10-18(11-25(3,4)28-24)30-14-32-20-21-34(22(32)36)16-31(17-35(21)23(37)33(20)15-30)19-12-26(5,6)29(9)27(7,8)13-19/h18-21,28H,10-17H2,1-9H3. The lowest BCUT2D eigenvalue weighted by molar-refractivity contribution is -0.0930. The number of urea groups is 2. The summed E-state index contributed by atoms with van der Waals surface area (Å²) in [5.74, 6) is 0. The molecular formula is C27H48N8O2. The van der Waals surface area contributed by atoms with Gasteiger partial charge in [-0.2, -0.15) is 0 Å². The van der Waals surface area contributed by atoms with Crippen molar-refractivity contribution in [2.24, 2.45) is 0 Å². The van der Waals surface area contributed by atoms with Gasteiger partial charge in [0.15, 0.2) is 12.3 Å². The Morgan fingerprint density at radius 3 is 1.27 bits per heavy atom. The summed E-state index contributed by atoms with van der Waals surface area (Å²) in [6.45, 7) is 20.7. The molecule has 37 heavy (non-hydrogen) atoms. The number of carbonyl (C=O) groups is 2. The van der Waals surface area contributed by atoms with Crippen molar-refractivity contribution >= 4 is 12.1 Å². The molecule has 6 fully saturated rings. The Balaban J connectivity index is 1.24. The minimum atomic E-state index is -0.175. The van der Waals surface area contributed by atoms with Gasteiger partial charge in [-0.25, -0.2) is 9.59 Å². The zero-order chi connectivity index (χ0) is 26.9. The van der Waals surface area contributed by atoms with Crippen molar-refractivity contribution < 1.29 is 9.59 Å². The van der Waals surface area contributed by atoms with Crippen LogP contribution in [-0.2, 0) is 0 Å². The number of carbonyl (C=O) groups excluding carboxylic acids is 2. The van der Waals surface area contributed by atoms with Crippen molar-refractivity contribution in [2.45, 2.75) is 128 Å². The Bertz CT molecular complexity index is 925. The summed E-state index contributed by atoms with van der Waals surface area (Å²) in [6.07, 6.45) is 3.69. The fourth-order valence-corrected chi connectivity index (χ4v) is 8.78. The highest BCUT2D eigenvalue weighted by Crippen LogP contribution is 2.44. The molecule has 6 heterocycles. The average Bonchev–Trinajstić information content (AvgIpc) is 3.21. The number of likely N-dealkylation sites (tertiary alicyclic amines) is 1. The van der Waals surface area contributed by atoms with Gasteiger partial charge in [0, 0.05) is 34.2 Å². The lowest BCUT2D eigenvalue weighted by Gasteiger charge is -2.57. The largest absolute Gasteiger partial charge is 0.325 e. The molecule has 10 heteroatoms. The fraction of sp³-hybridized carbons (Fsp3) is 0.926. The first kappa shape index (κ1) is 25.6. The molecule has 0 aliphatic carbocycles. The number of amides is 4. The van der Waals surface area contributed by atoms with Crippen LogP contribution < -0.4 is 5.32 Å². The molecule has 0 aromatic carbocycles. The monoisotopic (exact) mass is 516 g/mol. The summed E-state index contributed by atoms with van der Waals surface area (Å²) >= 11 is 0. The molecule has 6 rings (SSSR count). The van der Waals surface area contributed by atoms with E-state index in [2.05, 4.69) is 82.5 Å².